The molecule has 0 radical (unpaired) electrons. The molecule has 12 aromatic rings. The summed E-state index contributed by atoms with van der Waals surface area (Å²) in [7, 11) is 0. The first kappa shape index (κ1) is 30.1. The van der Waals surface area contributed by atoms with Crippen molar-refractivity contribution in [2.75, 3.05) is 0 Å². The van der Waals surface area contributed by atoms with Gasteiger partial charge in [-0.1, -0.05) is 127 Å². The van der Waals surface area contributed by atoms with Crippen LogP contribution in [0, 0.1) is 0 Å². The van der Waals surface area contributed by atoms with Crippen LogP contribution in [0.25, 0.3) is 116 Å². The van der Waals surface area contributed by atoms with Crippen LogP contribution in [0.1, 0.15) is 0 Å². The van der Waals surface area contributed by atoms with Gasteiger partial charge in [0.1, 0.15) is 22.5 Å². The molecule has 0 bridgehead atoms. The van der Waals surface area contributed by atoms with Gasteiger partial charge in [0.05, 0.1) is 11.0 Å². The Kier molecular flexibility index (Phi) is 6.34. The summed E-state index contributed by atoms with van der Waals surface area (Å²) >= 11 is 0. The topological polar surface area (TPSA) is 31.2 Å². The highest BCUT2D eigenvalue weighted by Crippen LogP contribution is 2.47. The number of para-hydroxylation sites is 2. The van der Waals surface area contributed by atoms with Crippen molar-refractivity contribution in [3.63, 3.8) is 0 Å². The minimum atomic E-state index is 0.851. The van der Waals surface area contributed by atoms with Crippen molar-refractivity contribution < 1.29 is 8.83 Å². The Morgan fingerprint density at radius 1 is 0.309 bits per heavy atom. The van der Waals surface area contributed by atoms with Gasteiger partial charge in [-0.3, -0.25) is 0 Å². The summed E-state index contributed by atoms with van der Waals surface area (Å²) in [5.41, 5.74) is 12.0. The lowest BCUT2D eigenvalue weighted by Gasteiger charge is -2.18. The summed E-state index contributed by atoms with van der Waals surface area (Å²) in [5, 5.41) is 10.6. The predicted molar refractivity (Wildman–Crippen MR) is 229 cm³/mol. The zero-order valence-electron chi connectivity index (χ0n) is 29.7. The molecule has 9 aromatic carbocycles. The molecule has 0 spiro atoms. The SMILES string of the molecule is c1ccc(-c2cc3c(ccc4oc5ccc(-c6c7ccccc7c(-c7ccc8c(c7)c7ccccc7n8-c7ccccc7)c7ccccc67)cc5c43)o2)cc1. The smallest absolute Gasteiger partial charge is 0.136 e. The van der Waals surface area contributed by atoms with Gasteiger partial charge in [-0.2, -0.15) is 0 Å². The number of fused-ring (bicyclic) bond motifs is 10. The van der Waals surface area contributed by atoms with Gasteiger partial charge in [-0.15, -0.1) is 0 Å². The highest BCUT2D eigenvalue weighted by molar-refractivity contribution is 6.24. The first-order chi connectivity index (χ1) is 27.3. The molecule has 3 heteroatoms. The van der Waals surface area contributed by atoms with E-state index in [0.29, 0.717) is 0 Å². The molecule has 12 rings (SSSR count). The molecule has 0 aliphatic carbocycles. The van der Waals surface area contributed by atoms with E-state index in [1.54, 1.807) is 0 Å². The van der Waals surface area contributed by atoms with Gasteiger partial charge in [0.2, 0.25) is 0 Å². The molecule has 0 unspecified atom stereocenters. The van der Waals surface area contributed by atoms with E-state index in [0.717, 1.165) is 55.5 Å². The van der Waals surface area contributed by atoms with Crippen molar-refractivity contribution in [3.05, 3.63) is 188 Å². The minimum absolute atomic E-state index is 0.851. The molecule has 3 aromatic heterocycles. The van der Waals surface area contributed by atoms with Gasteiger partial charge in [-0.25, -0.2) is 0 Å². The van der Waals surface area contributed by atoms with Crippen LogP contribution in [0.3, 0.4) is 0 Å². The summed E-state index contributed by atoms with van der Waals surface area (Å²) < 4.78 is 15.2. The molecule has 0 amide bonds. The van der Waals surface area contributed by atoms with E-state index in [2.05, 4.69) is 162 Å². The molecule has 0 aliphatic heterocycles. The highest BCUT2D eigenvalue weighted by atomic mass is 16.3. The minimum Gasteiger partial charge on any atom is -0.456 e. The Morgan fingerprint density at radius 3 is 1.49 bits per heavy atom. The molecular formula is C52H31NO2. The zero-order chi connectivity index (χ0) is 36.0. The fraction of sp³-hybridized carbons (Fsp3) is 0. The summed E-state index contributed by atoms with van der Waals surface area (Å²) in [6.45, 7) is 0. The van der Waals surface area contributed by atoms with E-state index < -0.39 is 0 Å². The molecule has 0 saturated carbocycles. The third-order valence-electron chi connectivity index (χ3n) is 11.4. The Bertz CT molecular complexity index is 3420. The predicted octanol–water partition coefficient (Wildman–Crippen LogP) is 14.7. The third-order valence-corrected chi connectivity index (χ3v) is 11.4. The van der Waals surface area contributed by atoms with Gasteiger partial charge in [0.15, 0.2) is 0 Å². The average Bonchev–Trinajstić information content (AvgIpc) is 3.95. The normalized spacial score (nSPS) is 12.0. The van der Waals surface area contributed by atoms with E-state index >= 15 is 0 Å². The van der Waals surface area contributed by atoms with Crippen LogP contribution >= 0.6 is 0 Å². The van der Waals surface area contributed by atoms with E-state index in [4.69, 9.17) is 8.83 Å². The van der Waals surface area contributed by atoms with Crippen LogP contribution < -0.4 is 0 Å². The lowest BCUT2D eigenvalue weighted by Crippen LogP contribution is -1.93. The van der Waals surface area contributed by atoms with Crippen molar-refractivity contribution in [2.24, 2.45) is 0 Å². The van der Waals surface area contributed by atoms with Crippen molar-refractivity contribution in [1.82, 2.24) is 4.57 Å². The monoisotopic (exact) mass is 701 g/mol. The lowest BCUT2D eigenvalue weighted by molar-refractivity contribution is 0.631. The van der Waals surface area contributed by atoms with E-state index in [1.165, 1.54) is 60.0 Å². The van der Waals surface area contributed by atoms with Crippen LogP contribution in [-0.2, 0) is 0 Å². The molecule has 3 heterocycles. The van der Waals surface area contributed by atoms with E-state index in [-0.39, 0.29) is 0 Å². The summed E-state index contributed by atoms with van der Waals surface area (Å²) in [6, 6.07) is 67.3. The molecular weight excluding hydrogens is 671 g/mol. The van der Waals surface area contributed by atoms with Crippen LogP contribution in [0.2, 0.25) is 0 Å². The van der Waals surface area contributed by atoms with Crippen molar-refractivity contribution in [3.8, 4) is 39.3 Å². The molecule has 0 aliphatic rings. The fourth-order valence-corrected chi connectivity index (χ4v) is 9.02. The molecule has 3 nitrogen and oxygen atoms in total. The maximum absolute atomic E-state index is 6.47. The second kappa shape index (κ2) is 11.6. The fourth-order valence-electron chi connectivity index (χ4n) is 9.02. The number of aromatic nitrogens is 1. The van der Waals surface area contributed by atoms with E-state index in [1.807, 2.05) is 30.3 Å². The summed E-state index contributed by atoms with van der Waals surface area (Å²) in [5.74, 6) is 0.851. The number of hydrogen-bond donors (Lipinski definition) is 0. The van der Waals surface area contributed by atoms with Crippen LogP contribution in [-0.4, -0.2) is 4.57 Å². The van der Waals surface area contributed by atoms with Crippen molar-refractivity contribution >= 4 is 76.3 Å². The van der Waals surface area contributed by atoms with Gasteiger partial charge in [-0.05, 0) is 104 Å². The zero-order valence-corrected chi connectivity index (χ0v) is 29.7. The van der Waals surface area contributed by atoms with Crippen LogP contribution in [0.5, 0.6) is 0 Å². The standard InChI is InChI=1S/C52H31NO2/c1-3-13-32(14-4-1)49-31-43-47(55-49)27-28-48-52(43)42-30-34(24-26-46(42)54-48)51-39-20-9-7-18-37(39)50(38-19-8-10-21-40(38)51)33-23-25-45-41(29-33)36-17-11-12-22-44(36)53(45)35-15-5-2-6-16-35/h1-31H. The highest BCUT2D eigenvalue weighted by Gasteiger charge is 2.21. The maximum Gasteiger partial charge on any atom is 0.136 e. The van der Waals surface area contributed by atoms with Gasteiger partial charge in [0, 0.05) is 38.2 Å². The lowest BCUT2D eigenvalue weighted by atomic mass is 9.85. The molecule has 0 atom stereocenters. The van der Waals surface area contributed by atoms with E-state index in [9.17, 15) is 0 Å². The Labute approximate surface area is 315 Å². The summed E-state index contributed by atoms with van der Waals surface area (Å²) in [6.07, 6.45) is 0. The Morgan fingerprint density at radius 2 is 0.800 bits per heavy atom. The molecule has 0 N–H and O–H groups in total. The summed E-state index contributed by atoms with van der Waals surface area (Å²) in [4.78, 5) is 0. The first-order valence-electron chi connectivity index (χ1n) is 18.8. The maximum atomic E-state index is 6.47. The molecule has 55 heavy (non-hydrogen) atoms. The van der Waals surface area contributed by atoms with Gasteiger partial charge >= 0.3 is 0 Å². The second-order valence-electron chi connectivity index (χ2n) is 14.4. The van der Waals surface area contributed by atoms with Crippen molar-refractivity contribution in [2.45, 2.75) is 0 Å². The average molecular weight is 702 g/mol. The third kappa shape index (κ3) is 4.44. The number of nitrogens with zero attached hydrogens (tertiary/aromatic N) is 1. The number of benzene rings is 9. The van der Waals surface area contributed by atoms with Crippen LogP contribution in [0.4, 0.5) is 0 Å². The number of rotatable bonds is 4. The molecule has 0 fully saturated rings. The van der Waals surface area contributed by atoms with Gasteiger partial charge in [0.25, 0.3) is 0 Å². The first-order valence-corrected chi connectivity index (χ1v) is 18.8. The van der Waals surface area contributed by atoms with Gasteiger partial charge < -0.3 is 13.4 Å². The largest absolute Gasteiger partial charge is 0.456 e. The quantitative estimate of drug-likeness (QED) is 0.171. The van der Waals surface area contributed by atoms with Crippen LogP contribution in [0.15, 0.2) is 197 Å². The second-order valence-corrected chi connectivity index (χ2v) is 14.4. The Hall–Kier alpha value is -7.36. The Balaban J connectivity index is 1.10. The molecule has 0 saturated heterocycles. The number of furan rings is 2. The molecule has 256 valence electrons. The van der Waals surface area contributed by atoms with Crippen molar-refractivity contribution in [1.29, 1.82) is 0 Å². The number of hydrogen-bond acceptors (Lipinski definition) is 2.